The van der Waals surface area contributed by atoms with Crippen LogP contribution in [0, 0.1) is 5.92 Å². The lowest BCUT2D eigenvalue weighted by Gasteiger charge is -2.25. The van der Waals surface area contributed by atoms with E-state index < -0.39 is 78.5 Å². The molecular weight excluding hydrogens is 466 g/mol. The van der Waals surface area contributed by atoms with E-state index in [1.807, 2.05) is 0 Å². The molecule has 1 heterocycles. The average molecular weight is 498 g/mol. The van der Waals surface area contributed by atoms with E-state index in [1.165, 1.54) is 12.5 Å². The number of aromatic amines is 1. The van der Waals surface area contributed by atoms with Crippen LogP contribution in [-0.4, -0.2) is 79.9 Å². The Balaban J connectivity index is 2.99. The van der Waals surface area contributed by atoms with Crippen molar-refractivity contribution in [1.82, 2.24) is 25.9 Å². The maximum atomic E-state index is 12.9. The lowest BCUT2D eigenvalue weighted by Crippen LogP contribution is -2.58. The molecule has 0 aliphatic carbocycles. The Morgan fingerprint density at radius 1 is 1.00 bits per heavy atom. The number of nitrogens with two attached hydrogens (primary N) is 2. The highest BCUT2D eigenvalue weighted by atomic mass is 16.4. The first-order valence-corrected chi connectivity index (χ1v) is 10.7. The first kappa shape index (κ1) is 29.0. The quantitative estimate of drug-likeness (QED) is 0.123. The largest absolute Gasteiger partial charge is 0.481 e. The molecule has 0 saturated heterocycles. The Morgan fingerprint density at radius 3 is 2.09 bits per heavy atom. The van der Waals surface area contributed by atoms with Crippen LogP contribution in [0.25, 0.3) is 0 Å². The minimum Gasteiger partial charge on any atom is -0.481 e. The van der Waals surface area contributed by atoms with Crippen molar-refractivity contribution >= 4 is 35.6 Å². The Hall–Kier alpha value is -4.01. The number of carboxylic acids is 2. The number of aliphatic carboxylic acids is 2. The van der Waals surface area contributed by atoms with Gasteiger partial charge in [0, 0.05) is 24.7 Å². The van der Waals surface area contributed by atoms with Crippen molar-refractivity contribution in [3.63, 3.8) is 0 Å². The number of hydrogen-bond acceptors (Lipinski definition) is 8. The summed E-state index contributed by atoms with van der Waals surface area (Å²) in [4.78, 5) is 78.4. The van der Waals surface area contributed by atoms with Crippen molar-refractivity contribution in [3.8, 4) is 0 Å². The van der Waals surface area contributed by atoms with E-state index in [4.69, 9.17) is 16.6 Å². The maximum Gasteiger partial charge on any atom is 0.326 e. The molecule has 1 aromatic heterocycles. The highest BCUT2D eigenvalue weighted by Gasteiger charge is 2.32. The summed E-state index contributed by atoms with van der Waals surface area (Å²) >= 11 is 0. The van der Waals surface area contributed by atoms with Gasteiger partial charge in [0.15, 0.2) is 0 Å². The van der Waals surface area contributed by atoms with Gasteiger partial charge in [-0.05, 0) is 12.3 Å². The van der Waals surface area contributed by atoms with E-state index in [-0.39, 0.29) is 12.8 Å². The molecule has 0 spiro atoms. The van der Waals surface area contributed by atoms with E-state index in [0.29, 0.717) is 5.69 Å². The number of nitrogens with one attached hydrogen (secondary N) is 4. The highest BCUT2D eigenvalue weighted by molar-refractivity contribution is 5.96. The molecule has 194 valence electrons. The summed E-state index contributed by atoms with van der Waals surface area (Å²) in [6.45, 7) is 3.09. The summed E-state index contributed by atoms with van der Waals surface area (Å²) in [5, 5.41) is 25.1. The van der Waals surface area contributed by atoms with Crippen molar-refractivity contribution in [2.24, 2.45) is 17.4 Å². The number of amides is 4. The smallest absolute Gasteiger partial charge is 0.326 e. The number of H-pyrrole nitrogens is 1. The second kappa shape index (κ2) is 13.6. The Labute approximate surface area is 200 Å². The van der Waals surface area contributed by atoms with Crippen molar-refractivity contribution in [2.75, 3.05) is 0 Å². The molecule has 15 heteroatoms. The Kier molecular flexibility index (Phi) is 11.3. The van der Waals surface area contributed by atoms with E-state index >= 15 is 0 Å². The van der Waals surface area contributed by atoms with Crippen LogP contribution in [0.3, 0.4) is 0 Å². The molecule has 1 aromatic rings. The highest BCUT2D eigenvalue weighted by Crippen LogP contribution is 2.06. The van der Waals surface area contributed by atoms with Gasteiger partial charge in [0.25, 0.3) is 0 Å². The minimum absolute atomic E-state index is 0.0532. The summed E-state index contributed by atoms with van der Waals surface area (Å²) in [7, 11) is 0. The molecule has 0 aromatic carbocycles. The van der Waals surface area contributed by atoms with Crippen molar-refractivity contribution < 1.29 is 39.0 Å². The zero-order valence-electron chi connectivity index (χ0n) is 19.3. The fraction of sp³-hybridized carbons (Fsp3) is 0.550. The molecule has 0 saturated carbocycles. The van der Waals surface area contributed by atoms with E-state index in [2.05, 4.69) is 25.9 Å². The SMILES string of the molecule is CC(C)C(NC(=O)C(CC(N)=O)NC(=O)C(CCC(=O)O)NC(=O)C(N)Cc1cnc[nH]1)C(=O)O. The monoisotopic (exact) mass is 497 g/mol. The van der Waals surface area contributed by atoms with Crippen LogP contribution in [0.15, 0.2) is 12.5 Å². The number of carbonyl (C=O) groups is 6. The van der Waals surface area contributed by atoms with Gasteiger partial charge in [-0.15, -0.1) is 0 Å². The number of carbonyl (C=O) groups excluding carboxylic acids is 4. The first-order chi connectivity index (χ1) is 16.3. The third kappa shape index (κ3) is 10.2. The molecule has 4 unspecified atom stereocenters. The Morgan fingerprint density at radius 2 is 1.60 bits per heavy atom. The third-order valence-corrected chi connectivity index (χ3v) is 4.88. The predicted octanol–water partition coefficient (Wildman–Crippen LogP) is -2.79. The van der Waals surface area contributed by atoms with Crippen molar-refractivity contribution in [2.45, 2.75) is 63.7 Å². The number of hydrogen-bond donors (Lipinski definition) is 8. The van der Waals surface area contributed by atoms with Gasteiger partial charge in [-0.25, -0.2) is 9.78 Å². The third-order valence-electron chi connectivity index (χ3n) is 4.88. The second-order valence-corrected chi connectivity index (χ2v) is 8.18. The lowest BCUT2D eigenvalue weighted by atomic mass is 10.0. The fourth-order valence-electron chi connectivity index (χ4n) is 2.99. The van der Waals surface area contributed by atoms with Gasteiger partial charge in [-0.1, -0.05) is 13.8 Å². The van der Waals surface area contributed by atoms with Crippen LogP contribution in [-0.2, 0) is 35.2 Å². The molecule has 0 radical (unpaired) electrons. The molecule has 15 nitrogen and oxygen atoms in total. The summed E-state index contributed by atoms with van der Waals surface area (Å²) < 4.78 is 0. The molecule has 4 atom stereocenters. The first-order valence-electron chi connectivity index (χ1n) is 10.7. The van der Waals surface area contributed by atoms with Gasteiger partial charge >= 0.3 is 11.9 Å². The van der Waals surface area contributed by atoms with Crippen molar-refractivity contribution in [1.29, 1.82) is 0 Å². The van der Waals surface area contributed by atoms with E-state index in [9.17, 15) is 33.9 Å². The summed E-state index contributed by atoms with van der Waals surface area (Å²) in [5.41, 5.74) is 11.6. The van der Waals surface area contributed by atoms with Crippen LogP contribution >= 0.6 is 0 Å². The average Bonchev–Trinajstić information content (AvgIpc) is 3.25. The van der Waals surface area contributed by atoms with Gasteiger partial charge in [0.05, 0.1) is 18.8 Å². The lowest BCUT2D eigenvalue weighted by molar-refractivity contribution is -0.143. The molecule has 1 rings (SSSR count). The number of aromatic nitrogens is 2. The van der Waals surface area contributed by atoms with Gasteiger partial charge in [0.1, 0.15) is 18.1 Å². The molecule has 0 fully saturated rings. The van der Waals surface area contributed by atoms with E-state index in [0.717, 1.165) is 0 Å². The van der Waals surface area contributed by atoms with Crippen LogP contribution < -0.4 is 27.4 Å². The predicted molar refractivity (Wildman–Crippen MR) is 119 cm³/mol. The molecule has 10 N–H and O–H groups in total. The van der Waals surface area contributed by atoms with Crippen LogP contribution in [0.2, 0.25) is 0 Å². The van der Waals surface area contributed by atoms with Gasteiger partial charge in [-0.3, -0.25) is 24.0 Å². The second-order valence-electron chi connectivity index (χ2n) is 8.18. The van der Waals surface area contributed by atoms with Crippen molar-refractivity contribution in [3.05, 3.63) is 18.2 Å². The fourth-order valence-corrected chi connectivity index (χ4v) is 2.99. The molecule has 0 aliphatic heterocycles. The Bertz CT molecular complexity index is 919. The zero-order valence-corrected chi connectivity index (χ0v) is 19.3. The summed E-state index contributed by atoms with van der Waals surface area (Å²) in [5.74, 6) is -6.79. The summed E-state index contributed by atoms with van der Waals surface area (Å²) in [6, 6.07) is -5.40. The molecule has 0 aliphatic rings. The van der Waals surface area contributed by atoms with Crippen LogP contribution in [0.1, 0.15) is 38.8 Å². The molecule has 4 amide bonds. The molecule has 35 heavy (non-hydrogen) atoms. The van der Waals surface area contributed by atoms with E-state index in [1.54, 1.807) is 13.8 Å². The molecule has 0 bridgehead atoms. The summed E-state index contributed by atoms with van der Waals surface area (Å²) in [6.07, 6.45) is 1.38. The van der Waals surface area contributed by atoms with Crippen LogP contribution in [0.4, 0.5) is 0 Å². The van der Waals surface area contributed by atoms with Gasteiger partial charge in [0.2, 0.25) is 23.6 Å². The number of rotatable bonds is 15. The molecular formula is C20H31N7O8. The standard InChI is InChI=1S/C20H31N7O8/c1-9(2)16(20(34)35)27-19(33)13(6-14(22)28)26-18(32)12(3-4-15(29)30)25-17(31)11(21)5-10-7-23-8-24-10/h7-9,11-13,16H,3-6,21H2,1-2H3,(H2,22,28)(H,23,24)(H,25,31)(H,26,32)(H,27,33)(H,29,30)(H,34,35). The minimum atomic E-state index is -1.57. The number of carboxylic acid groups (broad SMARTS) is 2. The zero-order chi connectivity index (χ0) is 26.7. The maximum absolute atomic E-state index is 12.9. The van der Waals surface area contributed by atoms with Gasteiger partial charge in [-0.2, -0.15) is 0 Å². The number of primary amides is 1. The normalized spacial score (nSPS) is 14.3. The number of nitrogens with zero attached hydrogens (tertiary/aromatic N) is 1. The van der Waals surface area contributed by atoms with Crippen LogP contribution in [0.5, 0.6) is 0 Å². The van der Waals surface area contributed by atoms with Gasteiger partial charge < -0.3 is 42.6 Å². The topological polar surface area (TPSA) is 260 Å². The number of imidazole rings is 1.